The van der Waals surface area contributed by atoms with Gasteiger partial charge >= 0.3 is 5.97 Å². The first-order valence-electron chi connectivity index (χ1n) is 7.24. The van der Waals surface area contributed by atoms with Crippen molar-refractivity contribution in [1.82, 2.24) is 5.32 Å². The zero-order chi connectivity index (χ0) is 18.7. The third-order valence-corrected chi connectivity index (χ3v) is 4.51. The number of ether oxygens (including phenoxy) is 1. The summed E-state index contributed by atoms with van der Waals surface area (Å²) in [5.41, 5.74) is 0.851. The second-order valence-electron chi connectivity index (χ2n) is 5.11. The van der Waals surface area contributed by atoms with E-state index in [-0.39, 0.29) is 17.2 Å². The summed E-state index contributed by atoms with van der Waals surface area (Å²) in [5.74, 6) is -0.551. The van der Waals surface area contributed by atoms with E-state index in [9.17, 15) is 19.7 Å². The Bertz CT molecular complexity index is 937. The summed E-state index contributed by atoms with van der Waals surface area (Å²) in [6.45, 7) is 0. The molecule has 0 spiro atoms. The number of nitro groups is 1. The van der Waals surface area contributed by atoms with Gasteiger partial charge in [0, 0.05) is 12.1 Å². The topological polar surface area (TPSA) is 98.5 Å². The van der Waals surface area contributed by atoms with Crippen LogP contribution in [-0.4, -0.2) is 21.1 Å². The number of thiocarbonyl (C=S) groups is 1. The summed E-state index contributed by atoms with van der Waals surface area (Å²) < 4.78 is 5.64. The van der Waals surface area contributed by atoms with Gasteiger partial charge in [0.1, 0.15) is 10.1 Å². The quantitative estimate of drug-likeness (QED) is 0.215. The van der Waals surface area contributed by atoms with Crippen molar-refractivity contribution in [2.24, 2.45) is 0 Å². The molecule has 0 unspecified atom stereocenters. The summed E-state index contributed by atoms with van der Waals surface area (Å²) in [4.78, 5) is 34.3. The predicted molar refractivity (Wildman–Crippen MR) is 101 cm³/mol. The molecular weight excluding hydrogens is 376 g/mol. The lowest BCUT2D eigenvalue weighted by Crippen LogP contribution is -2.17. The normalized spacial score (nSPS) is 15.0. The van der Waals surface area contributed by atoms with Crippen LogP contribution in [0.15, 0.2) is 53.4 Å². The van der Waals surface area contributed by atoms with E-state index < -0.39 is 10.9 Å². The van der Waals surface area contributed by atoms with E-state index in [4.69, 9.17) is 17.0 Å². The number of nitro benzene ring substituents is 1. The highest BCUT2D eigenvalue weighted by molar-refractivity contribution is 8.26. The molecule has 2 aromatic carbocycles. The SMILES string of the molecule is O=C1NC(=S)S/C1=C/c1ccc(OC(=O)c2ccc([N+](=O)[O-])cc2)cc1. The summed E-state index contributed by atoms with van der Waals surface area (Å²) in [5, 5.41) is 13.1. The van der Waals surface area contributed by atoms with Gasteiger partial charge in [-0.3, -0.25) is 14.9 Å². The molecule has 1 saturated heterocycles. The smallest absolute Gasteiger partial charge is 0.343 e. The number of carbonyl (C=O) groups excluding carboxylic acids is 2. The third kappa shape index (κ3) is 4.13. The zero-order valence-electron chi connectivity index (χ0n) is 13.0. The first kappa shape index (κ1) is 17.8. The molecule has 1 aliphatic heterocycles. The molecule has 0 radical (unpaired) electrons. The Morgan fingerprint density at radius 1 is 1.15 bits per heavy atom. The number of carbonyl (C=O) groups is 2. The van der Waals surface area contributed by atoms with Crippen LogP contribution in [0.4, 0.5) is 5.69 Å². The fourth-order valence-corrected chi connectivity index (χ4v) is 3.13. The van der Waals surface area contributed by atoms with E-state index >= 15 is 0 Å². The molecule has 1 aliphatic rings. The molecule has 26 heavy (non-hydrogen) atoms. The van der Waals surface area contributed by atoms with Crippen LogP contribution in [0, 0.1) is 10.1 Å². The van der Waals surface area contributed by atoms with Crippen LogP contribution in [0.25, 0.3) is 6.08 Å². The Morgan fingerprint density at radius 2 is 1.81 bits per heavy atom. The lowest BCUT2D eigenvalue weighted by Gasteiger charge is -2.05. The summed E-state index contributed by atoms with van der Waals surface area (Å²) in [7, 11) is 0. The van der Waals surface area contributed by atoms with Crippen molar-refractivity contribution in [1.29, 1.82) is 0 Å². The molecule has 1 fully saturated rings. The molecule has 0 saturated carbocycles. The molecule has 2 aromatic rings. The van der Waals surface area contributed by atoms with Crippen molar-refractivity contribution < 1.29 is 19.2 Å². The van der Waals surface area contributed by atoms with Gasteiger partial charge in [0.05, 0.1) is 15.4 Å². The minimum absolute atomic E-state index is 0.104. The maximum Gasteiger partial charge on any atom is 0.343 e. The van der Waals surface area contributed by atoms with E-state index in [0.29, 0.717) is 15.0 Å². The lowest BCUT2D eigenvalue weighted by molar-refractivity contribution is -0.384. The number of non-ortho nitro benzene ring substituents is 1. The van der Waals surface area contributed by atoms with E-state index in [1.165, 1.54) is 36.0 Å². The van der Waals surface area contributed by atoms with Gasteiger partial charge in [-0.15, -0.1) is 0 Å². The van der Waals surface area contributed by atoms with Crippen molar-refractivity contribution in [3.8, 4) is 5.75 Å². The van der Waals surface area contributed by atoms with E-state index in [0.717, 1.165) is 5.56 Å². The molecule has 3 rings (SSSR count). The fraction of sp³-hybridized carbons (Fsp3) is 0. The van der Waals surface area contributed by atoms with Gasteiger partial charge in [-0.2, -0.15) is 0 Å². The second-order valence-corrected chi connectivity index (χ2v) is 6.83. The number of nitrogens with one attached hydrogen (secondary N) is 1. The second kappa shape index (κ2) is 7.46. The summed E-state index contributed by atoms with van der Waals surface area (Å²) >= 11 is 6.10. The van der Waals surface area contributed by atoms with Crippen LogP contribution in [0.5, 0.6) is 5.75 Å². The Balaban J connectivity index is 1.68. The third-order valence-electron chi connectivity index (χ3n) is 3.34. The highest BCUT2D eigenvalue weighted by Crippen LogP contribution is 2.26. The van der Waals surface area contributed by atoms with Crippen molar-refractivity contribution in [2.45, 2.75) is 0 Å². The Hall–Kier alpha value is -3.04. The van der Waals surface area contributed by atoms with Crippen LogP contribution in [0.1, 0.15) is 15.9 Å². The molecule has 0 atom stereocenters. The van der Waals surface area contributed by atoms with Crippen molar-refractivity contribution in [3.63, 3.8) is 0 Å². The van der Waals surface area contributed by atoms with Crippen LogP contribution in [-0.2, 0) is 4.79 Å². The minimum atomic E-state index is -0.623. The number of esters is 1. The maximum absolute atomic E-state index is 12.1. The van der Waals surface area contributed by atoms with Crippen molar-refractivity contribution in [3.05, 3.63) is 74.7 Å². The first-order valence-corrected chi connectivity index (χ1v) is 8.46. The van der Waals surface area contributed by atoms with Crippen molar-refractivity contribution >= 4 is 51.9 Å². The van der Waals surface area contributed by atoms with Crippen LogP contribution in [0.2, 0.25) is 0 Å². The summed E-state index contributed by atoms with van der Waals surface area (Å²) in [6, 6.07) is 11.7. The highest BCUT2D eigenvalue weighted by Gasteiger charge is 2.21. The van der Waals surface area contributed by atoms with Gasteiger partial charge in [-0.1, -0.05) is 36.1 Å². The molecule has 7 nitrogen and oxygen atoms in total. The van der Waals surface area contributed by atoms with Gasteiger partial charge < -0.3 is 10.1 Å². The molecule has 1 heterocycles. The predicted octanol–water partition coefficient (Wildman–Crippen LogP) is 3.30. The van der Waals surface area contributed by atoms with Gasteiger partial charge in [0.25, 0.3) is 11.6 Å². The number of nitrogens with zero attached hydrogens (tertiary/aromatic N) is 1. The van der Waals surface area contributed by atoms with E-state index in [2.05, 4.69) is 5.32 Å². The molecule has 130 valence electrons. The monoisotopic (exact) mass is 386 g/mol. The molecule has 0 bridgehead atoms. The van der Waals surface area contributed by atoms with Crippen LogP contribution in [0.3, 0.4) is 0 Å². The van der Waals surface area contributed by atoms with Crippen molar-refractivity contribution in [2.75, 3.05) is 0 Å². The molecule has 0 aromatic heterocycles. The molecule has 1 N–H and O–H groups in total. The average molecular weight is 386 g/mol. The number of benzene rings is 2. The molecule has 0 aliphatic carbocycles. The minimum Gasteiger partial charge on any atom is -0.423 e. The first-order chi connectivity index (χ1) is 12.4. The number of amides is 1. The number of hydrogen-bond donors (Lipinski definition) is 1. The Labute approximate surface area is 157 Å². The standard InChI is InChI=1S/C17H10N2O5S2/c20-15-14(26-17(25)18-15)9-10-1-7-13(8-2-10)24-16(21)11-3-5-12(6-4-11)19(22)23/h1-9H,(H,18,20,25)/b14-9+. The fourth-order valence-electron chi connectivity index (χ4n) is 2.09. The Kier molecular flexibility index (Phi) is 5.10. The van der Waals surface area contributed by atoms with Crippen LogP contribution < -0.4 is 10.1 Å². The highest BCUT2D eigenvalue weighted by atomic mass is 32.2. The van der Waals surface area contributed by atoms with Gasteiger partial charge in [-0.05, 0) is 35.9 Å². The number of rotatable bonds is 4. The molecule has 9 heteroatoms. The number of thioether (sulfide) groups is 1. The van der Waals surface area contributed by atoms with Gasteiger partial charge in [-0.25, -0.2) is 4.79 Å². The van der Waals surface area contributed by atoms with Gasteiger partial charge in [0.15, 0.2) is 0 Å². The Morgan fingerprint density at radius 3 is 2.35 bits per heavy atom. The van der Waals surface area contributed by atoms with Gasteiger partial charge in [0.2, 0.25) is 0 Å². The average Bonchev–Trinajstić information content (AvgIpc) is 2.94. The zero-order valence-corrected chi connectivity index (χ0v) is 14.6. The summed E-state index contributed by atoms with van der Waals surface area (Å²) in [6.07, 6.45) is 1.68. The largest absolute Gasteiger partial charge is 0.423 e. The van der Waals surface area contributed by atoms with E-state index in [1.54, 1.807) is 30.3 Å². The molecule has 1 amide bonds. The maximum atomic E-state index is 12.1. The molecular formula is C17H10N2O5S2. The lowest BCUT2D eigenvalue weighted by atomic mass is 10.2. The van der Waals surface area contributed by atoms with Crippen LogP contribution >= 0.6 is 24.0 Å². The van der Waals surface area contributed by atoms with E-state index in [1.807, 2.05) is 0 Å². The number of hydrogen-bond acceptors (Lipinski definition) is 7.